The molecule has 1 aliphatic rings. The van der Waals surface area contributed by atoms with Gasteiger partial charge in [0.05, 0.1) is 0 Å². The van der Waals surface area contributed by atoms with Crippen molar-refractivity contribution in [1.82, 2.24) is 9.88 Å². The lowest BCUT2D eigenvalue weighted by Gasteiger charge is -2.31. The van der Waals surface area contributed by atoms with Gasteiger partial charge >= 0.3 is 0 Å². The number of hydrogen-bond donors (Lipinski definition) is 0. The number of likely N-dealkylation sites (tertiary alicyclic amines) is 1. The van der Waals surface area contributed by atoms with Crippen molar-refractivity contribution in [3.63, 3.8) is 0 Å². The van der Waals surface area contributed by atoms with Crippen LogP contribution in [0.15, 0.2) is 42.5 Å². The van der Waals surface area contributed by atoms with Crippen LogP contribution in [0.5, 0.6) is 0 Å². The number of benzene rings is 1. The van der Waals surface area contributed by atoms with Gasteiger partial charge < -0.3 is 4.90 Å². The molecule has 0 aliphatic carbocycles. The third kappa shape index (κ3) is 3.79. The monoisotopic (exact) mass is 308 g/mol. The van der Waals surface area contributed by atoms with Crippen LogP contribution in [0, 0.1) is 6.92 Å². The van der Waals surface area contributed by atoms with Crippen molar-refractivity contribution >= 4 is 5.91 Å². The summed E-state index contributed by atoms with van der Waals surface area (Å²) in [6.45, 7) is 5.51. The van der Waals surface area contributed by atoms with Gasteiger partial charge in [0.15, 0.2) is 0 Å². The predicted molar refractivity (Wildman–Crippen MR) is 92.5 cm³/mol. The van der Waals surface area contributed by atoms with Gasteiger partial charge in [-0.1, -0.05) is 30.3 Å². The smallest absolute Gasteiger partial charge is 0.219 e. The van der Waals surface area contributed by atoms with Gasteiger partial charge in [0, 0.05) is 43.7 Å². The van der Waals surface area contributed by atoms with Gasteiger partial charge in [-0.3, -0.25) is 9.78 Å². The van der Waals surface area contributed by atoms with Crippen LogP contribution < -0.4 is 0 Å². The Balaban J connectivity index is 1.71. The molecule has 0 saturated carbocycles. The highest BCUT2D eigenvalue weighted by Gasteiger charge is 2.22. The van der Waals surface area contributed by atoms with Crippen molar-refractivity contribution in [3.05, 3.63) is 65.0 Å². The zero-order valence-electron chi connectivity index (χ0n) is 14.0. The number of carbonyl (C=O) groups excluding carboxylic acids is 1. The molecule has 2 heterocycles. The minimum atomic E-state index is 0.185. The van der Waals surface area contributed by atoms with Crippen LogP contribution in [0.25, 0.3) is 0 Å². The van der Waals surface area contributed by atoms with Crippen molar-refractivity contribution in [3.8, 4) is 0 Å². The second-order valence-corrected chi connectivity index (χ2v) is 6.44. The van der Waals surface area contributed by atoms with E-state index < -0.39 is 0 Å². The Kier molecular flexibility index (Phi) is 4.75. The molecule has 0 unspecified atom stereocenters. The summed E-state index contributed by atoms with van der Waals surface area (Å²) >= 11 is 0. The predicted octanol–water partition coefficient (Wildman–Crippen LogP) is 3.71. The molecule has 120 valence electrons. The zero-order chi connectivity index (χ0) is 16.2. The topological polar surface area (TPSA) is 33.2 Å². The molecule has 3 heteroatoms. The number of carbonyl (C=O) groups is 1. The van der Waals surface area contributed by atoms with Gasteiger partial charge in [-0.25, -0.2) is 0 Å². The minimum absolute atomic E-state index is 0.185. The van der Waals surface area contributed by atoms with Crippen molar-refractivity contribution in [1.29, 1.82) is 0 Å². The van der Waals surface area contributed by atoms with Gasteiger partial charge in [-0.15, -0.1) is 0 Å². The van der Waals surface area contributed by atoms with Crippen molar-refractivity contribution in [2.45, 2.75) is 39.0 Å². The minimum Gasteiger partial charge on any atom is -0.343 e. The number of aryl methyl sites for hydroxylation is 1. The van der Waals surface area contributed by atoms with E-state index in [1.54, 1.807) is 6.92 Å². The number of piperidine rings is 1. The van der Waals surface area contributed by atoms with E-state index in [0.29, 0.717) is 5.92 Å². The Hall–Kier alpha value is -2.16. The SMILES string of the molecule is CC(=O)N1CCC(c2cccc(Cc3ccccc3C)n2)CC1. The van der Waals surface area contributed by atoms with Gasteiger partial charge in [0.1, 0.15) is 0 Å². The average molecular weight is 308 g/mol. The van der Waals surface area contributed by atoms with Crippen LogP contribution >= 0.6 is 0 Å². The van der Waals surface area contributed by atoms with E-state index in [-0.39, 0.29) is 5.91 Å². The van der Waals surface area contributed by atoms with E-state index >= 15 is 0 Å². The first-order valence-electron chi connectivity index (χ1n) is 8.39. The summed E-state index contributed by atoms with van der Waals surface area (Å²) in [7, 11) is 0. The molecule has 23 heavy (non-hydrogen) atoms. The molecule has 0 radical (unpaired) electrons. The molecule has 1 fully saturated rings. The maximum Gasteiger partial charge on any atom is 0.219 e. The van der Waals surface area contributed by atoms with Gasteiger partial charge in [-0.05, 0) is 43.0 Å². The molecule has 1 aromatic heterocycles. The maximum atomic E-state index is 11.4. The van der Waals surface area contributed by atoms with E-state index in [0.717, 1.165) is 38.0 Å². The third-order valence-electron chi connectivity index (χ3n) is 4.82. The first kappa shape index (κ1) is 15.7. The van der Waals surface area contributed by atoms with E-state index in [9.17, 15) is 4.79 Å². The van der Waals surface area contributed by atoms with E-state index in [4.69, 9.17) is 4.98 Å². The summed E-state index contributed by atoms with van der Waals surface area (Å²) < 4.78 is 0. The second kappa shape index (κ2) is 6.95. The summed E-state index contributed by atoms with van der Waals surface area (Å²) in [6, 6.07) is 14.9. The molecular weight excluding hydrogens is 284 g/mol. The third-order valence-corrected chi connectivity index (χ3v) is 4.82. The molecule has 0 atom stereocenters. The summed E-state index contributed by atoms with van der Waals surface area (Å²) in [5.74, 6) is 0.659. The Morgan fingerprint density at radius 1 is 1.13 bits per heavy atom. The molecule has 1 aromatic carbocycles. The number of hydrogen-bond acceptors (Lipinski definition) is 2. The van der Waals surface area contributed by atoms with E-state index in [1.165, 1.54) is 16.8 Å². The number of amides is 1. The van der Waals surface area contributed by atoms with Gasteiger partial charge in [0.2, 0.25) is 5.91 Å². The molecule has 2 aromatic rings. The van der Waals surface area contributed by atoms with E-state index in [2.05, 4.69) is 49.4 Å². The molecule has 0 bridgehead atoms. The molecule has 1 aliphatic heterocycles. The first-order chi connectivity index (χ1) is 11.1. The quantitative estimate of drug-likeness (QED) is 0.866. The number of aromatic nitrogens is 1. The zero-order valence-corrected chi connectivity index (χ0v) is 14.0. The fourth-order valence-electron chi connectivity index (χ4n) is 3.32. The molecule has 3 rings (SSSR count). The standard InChI is InChI=1S/C20H24N2O/c1-15-6-3-4-7-18(15)14-19-8-5-9-20(21-19)17-10-12-22(13-11-17)16(2)23/h3-9,17H,10-14H2,1-2H3. The summed E-state index contributed by atoms with van der Waals surface area (Å²) in [5, 5.41) is 0. The fraction of sp³-hybridized carbons (Fsp3) is 0.400. The van der Waals surface area contributed by atoms with Crippen LogP contribution in [-0.4, -0.2) is 28.9 Å². The average Bonchev–Trinajstić information content (AvgIpc) is 2.57. The first-order valence-corrected chi connectivity index (χ1v) is 8.39. The largest absolute Gasteiger partial charge is 0.343 e. The van der Waals surface area contributed by atoms with E-state index in [1.807, 2.05) is 4.90 Å². The lowest BCUT2D eigenvalue weighted by Crippen LogP contribution is -2.36. The van der Waals surface area contributed by atoms with Crippen molar-refractivity contribution in [2.75, 3.05) is 13.1 Å². The molecule has 3 nitrogen and oxygen atoms in total. The normalized spacial score (nSPS) is 15.7. The molecule has 1 saturated heterocycles. The summed E-state index contributed by atoms with van der Waals surface area (Å²) in [6.07, 6.45) is 2.91. The Bertz CT molecular complexity index is 688. The molecule has 0 spiro atoms. The Morgan fingerprint density at radius 2 is 1.87 bits per heavy atom. The van der Waals surface area contributed by atoms with Crippen LogP contribution in [0.4, 0.5) is 0 Å². The second-order valence-electron chi connectivity index (χ2n) is 6.44. The Labute approximate surface area is 138 Å². The summed E-state index contributed by atoms with van der Waals surface area (Å²) in [5.41, 5.74) is 4.96. The lowest BCUT2D eigenvalue weighted by molar-refractivity contribution is -0.129. The highest BCUT2D eigenvalue weighted by molar-refractivity contribution is 5.73. The van der Waals surface area contributed by atoms with Crippen LogP contribution in [0.2, 0.25) is 0 Å². The Morgan fingerprint density at radius 3 is 2.57 bits per heavy atom. The summed E-state index contributed by atoms with van der Waals surface area (Å²) in [4.78, 5) is 18.3. The van der Waals surface area contributed by atoms with Crippen LogP contribution in [0.1, 0.15) is 48.2 Å². The molecular formula is C20H24N2O. The lowest BCUT2D eigenvalue weighted by atomic mass is 9.92. The van der Waals surface area contributed by atoms with Crippen LogP contribution in [-0.2, 0) is 11.2 Å². The molecule has 0 N–H and O–H groups in total. The van der Waals surface area contributed by atoms with Crippen molar-refractivity contribution in [2.24, 2.45) is 0 Å². The number of rotatable bonds is 3. The number of pyridine rings is 1. The van der Waals surface area contributed by atoms with Crippen molar-refractivity contribution < 1.29 is 4.79 Å². The van der Waals surface area contributed by atoms with Gasteiger partial charge in [0.25, 0.3) is 0 Å². The molecule has 1 amide bonds. The number of nitrogens with zero attached hydrogens (tertiary/aromatic N) is 2. The fourth-order valence-corrected chi connectivity index (χ4v) is 3.32. The van der Waals surface area contributed by atoms with Crippen LogP contribution in [0.3, 0.4) is 0 Å². The maximum absolute atomic E-state index is 11.4. The highest BCUT2D eigenvalue weighted by Crippen LogP contribution is 2.27. The highest BCUT2D eigenvalue weighted by atomic mass is 16.2. The van der Waals surface area contributed by atoms with Gasteiger partial charge in [-0.2, -0.15) is 0 Å².